The Balaban J connectivity index is 2.14. The van der Waals surface area contributed by atoms with Crippen LogP contribution in [0, 0.1) is 23.7 Å². The maximum atomic E-state index is 14.1. The van der Waals surface area contributed by atoms with Gasteiger partial charge in [0.15, 0.2) is 12.1 Å². The Kier molecular flexibility index (Phi) is 15.2. The fourth-order valence-corrected chi connectivity index (χ4v) is 8.35. The van der Waals surface area contributed by atoms with E-state index in [1.54, 1.807) is 41.7 Å². The Morgan fingerprint density at radius 2 is 1.75 bits per heavy atom. The van der Waals surface area contributed by atoms with Crippen molar-refractivity contribution in [3.05, 3.63) is 10.4 Å². The first-order chi connectivity index (χ1) is 23.7. The lowest BCUT2D eigenvalue weighted by molar-refractivity contribution is -0.341. The van der Waals surface area contributed by atoms with Crippen LogP contribution in [0.5, 0.6) is 0 Å². The van der Waals surface area contributed by atoms with Gasteiger partial charge in [-0.05, 0) is 92.1 Å². The number of carbonyl (C=O) groups is 1. The second-order valence-electron chi connectivity index (χ2n) is 16.2. The molecular formula is C36H66N4O11. The number of aliphatic hydroxyl groups is 4. The number of aliphatic hydroxyl groups excluding tert-OH is 2. The number of rotatable bonds is 8. The quantitative estimate of drug-likeness (QED) is 0.105. The second-order valence-corrected chi connectivity index (χ2v) is 16.2. The van der Waals surface area contributed by atoms with Gasteiger partial charge in [0, 0.05) is 42.9 Å². The van der Waals surface area contributed by atoms with Crippen LogP contribution >= 0.6 is 0 Å². The Morgan fingerprint density at radius 1 is 1.08 bits per heavy atom. The van der Waals surface area contributed by atoms with E-state index in [4.69, 9.17) is 34.0 Å². The van der Waals surface area contributed by atoms with E-state index in [1.807, 2.05) is 27.7 Å². The number of hydrogen-bond donors (Lipinski definition) is 5. The van der Waals surface area contributed by atoms with Crippen molar-refractivity contribution in [1.82, 2.24) is 5.32 Å². The molecule has 3 fully saturated rings. The standard InChI is InChI=1S/C36H66N4O11/c1-12-27-35(9,45)30(42)23(5)38-18-20(2)16-33(7,44)31(51-36(10)26(41)14-13-15-47-36)21(3)29(22(4)32(43)49-27)50-28-17-34(8,46-11)25(19-39-40-37)24(6)48-28/h20-31,38,41-42,44-45H,12-19H2,1-11H3/t20-,21+,22-,23-,24+,25?,26-,27-,28+,29+,30-,31-,33-,34-,35-,36+/m1/s1. The maximum absolute atomic E-state index is 14.1. The number of esters is 1. The number of azide groups is 1. The van der Waals surface area contributed by atoms with Crippen LogP contribution in [0.25, 0.3) is 10.4 Å². The van der Waals surface area contributed by atoms with Gasteiger partial charge in [0.2, 0.25) is 0 Å². The molecule has 3 aliphatic rings. The highest BCUT2D eigenvalue weighted by atomic mass is 16.7. The van der Waals surface area contributed by atoms with Crippen LogP contribution in [0.1, 0.15) is 101 Å². The summed E-state index contributed by atoms with van der Waals surface area (Å²) in [4.78, 5) is 17.1. The van der Waals surface area contributed by atoms with Gasteiger partial charge in [-0.15, -0.1) is 0 Å². The van der Waals surface area contributed by atoms with E-state index >= 15 is 0 Å². The minimum atomic E-state index is -1.80. The summed E-state index contributed by atoms with van der Waals surface area (Å²) >= 11 is 0. The summed E-state index contributed by atoms with van der Waals surface area (Å²) < 4.78 is 37.8. The molecule has 15 nitrogen and oxygen atoms in total. The average Bonchev–Trinajstić information content (AvgIpc) is 3.06. The van der Waals surface area contributed by atoms with E-state index in [1.165, 1.54) is 6.92 Å². The molecule has 1 unspecified atom stereocenters. The van der Waals surface area contributed by atoms with E-state index in [0.717, 1.165) is 0 Å². The third kappa shape index (κ3) is 10.1. The molecule has 3 saturated heterocycles. The summed E-state index contributed by atoms with van der Waals surface area (Å²) in [5.41, 5.74) is 4.84. The zero-order chi connectivity index (χ0) is 38.5. The van der Waals surface area contributed by atoms with Crippen LogP contribution in [0.4, 0.5) is 0 Å². The Bertz CT molecular complexity index is 1190. The Morgan fingerprint density at radius 3 is 2.33 bits per heavy atom. The lowest BCUT2D eigenvalue weighted by atomic mass is 9.77. The lowest BCUT2D eigenvalue weighted by Crippen LogP contribution is -2.60. The van der Waals surface area contributed by atoms with Crippen molar-refractivity contribution in [3.63, 3.8) is 0 Å². The van der Waals surface area contributed by atoms with Gasteiger partial charge in [-0.1, -0.05) is 25.9 Å². The molecule has 3 rings (SSSR count). The van der Waals surface area contributed by atoms with Gasteiger partial charge in [0.05, 0.1) is 42.0 Å². The summed E-state index contributed by atoms with van der Waals surface area (Å²) in [6.45, 7) is 18.3. The molecule has 0 aromatic heterocycles. The van der Waals surface area contributed by atoms with Crippen molar-refractivity contribution in [2.75, 3.05) is 26.8 Å². The van der Waals surface area contributed by atoms with E-state index < -0.39 is 89.4 Å². The largest absolute Gasteiger partial charge is 0.459 e. The predicted molar refractivity (Wildman–Crippen MR) is 188 cm³/mol. The van der Waals surface area contributed by atoms with Crippen molar-refractivity contribution in [3.8, 4) is 0 Å². The molecule has 296 valence electrons. The molecule has 5 N–H and O–H groups in total. The molecule has 0 saturated carbocycles. The first kappa shape index (κ1) is 43.8. The fraction of sp³-hybridized carbons (Fsp3) is 0.972. The third-order valence-electron chi connectivity index (χ3n) is 11.8. The molecule has 3 aliphatic heterocycles. The lowest BCUT2D eigenvalue weighted by Gasteiger charge is -2.50. The van der Waals surface area contributed by atoms with Crippen LogP contribution in [0.2, 0.25) is 0 Å². The number of nitrogens with zero attached hydrogens (tertiary/aromatic N) is 3. The van der Waals surface area contributed by atoms with Crippen LogP contribution in [0.15, 0.2) is 5.11 Å². The second kappa shape index (κ2) is 17.7. The molecule has 0 spiro atoms. The van der Waals surface area contributed by atoms with Gasteiger partial charge in [0.1, 0.15) is 23.9 Å². The molecule has 0 amide bonds. The average molecular weight is 731 g/mol. The maximum Gasteiger partial charge on any atom is 0.311 e. The van der Waals surface area contributed by atoms with E-state index in [2.05, 4.69) is 15.3 Å². The van der Waals surface area contributed by atoms with Crippen LogP contribution in [-0.2, 0) is 33.2 Å². The number of methoxy groups -OCH3 is 1. The smallest absolute Gasteiger partial charge is 0.311 e. The molecule has 0 bridgehead atoms. The first-order valence-corrected chi connectivity index (χ1v) is 18.6. The predicted octanol–water partition coefficient (Wildman–Crippen LogP) is 3.59. The number of cyclic esters (lactones) is 1. The van der Waals surface area contributed by atoms with Gasteiger partial charge in [-0.25, -0.2) is 0 Å². The van der Waals surface area contributed by atoms with E-state index in [0.29, 0.717) is 26.0 Å². The highest BCUT2D eigenvalue weighted by Crippen LogP contribution is 2.42. The van der Waals surface area contributed by atoms with Gasteiger partial charge < -0.3 is 54.2 Å². The van der Waals surface area contributed by atoms with Crippen molar-refractivity contribution < 1.29 is 53.6 Å². The third-order valence-corrected chi connectivity index (χ3v) is 11.8. The van der Waals surface area contributed by atoms with E-state index in [9.17, 15) is 25.2 Å². The zero-order valence-corrected chi connectivity index (χ0v) is 32.6. The Labute approximate surface area is 303 Å². The molecule has 16 atom stereocenters. The summed E-state index contributed by atoms with van der Waals surface area (Å²) in [6.07, 6.45) is -4.96. The summed E-state index contributed by atoms with van der Waals surface area (Å²) in [5, 5.41) is 53.4. The fourth-order valence-electron chi connectivity index (χ4n) is 8.35. The first-order valence-electron chi connectivity index (χ1n) is 18.6. The number of nitrogens with one attached hydrogen (secondary N) is 1. The molecule has 51 heavy (non-hydrogen) atoms. The highest BCUT2D eigenvalue weighted by Gasteiger charge is 2.53. The number of hydrogen-bond acceptors (Lipinski definition) is 13. The van der Waals surface area contributed by atoms with Crippen LogP contribution in [0.3, 0.4) is 0 Å². The van der Waals surface area contributed by atoms with Crippen molar-refractivity contribution in [2.24, 2.45) is 28.8 Å². The van der Waals surface area contributed by atoms with Gasteiger partial charge >= 0.3 is 5.97 Å². The molecule has 0 aliphatic carbocycles. The highest BCUT2D eigenvalue weighted by molar-refractivity contribution is 5.73. The summed E-state index contributed by atoms with van der Waals surface area (Å²) in [7, 11) is 1.57. The molecule has 3 heterocycles. The molecule has 0 aromatic carbocycles. The molecule has 0 radical (unpaired) electrons. The minimum Gasteiger partial charge on any atom is -0.459 e. The zero-order valence-electron chi connectivity index (χ0n) is 32.6. The summed E-state index contributed by atoms with van der Waals surface area (Å²) in [5.74, 6) is -4.31. The number of ether oxygens (including phenoxy) is 6. The summed E-state index contributed by atoms with van der Waals surface area (Å²) in [6, 6.07) is -0.585. The normalized spacial score (nSPS) is 48.1. The van der Waals surface area contributed by atoms with Gasteiger partial charge in [0.25, 0.3) is 0 Å². The monoisotopic (exact) mass is 730 g/mol. The number of carbonyl (C=O) groups excluding carboxylic acids is 1. The minimum absolute atomic E-state index is 0.146. The van der Waals surface area contributed by atoms with Crippen LogP contribution in [-0.4, -0.2) is 125 Å². The SMILES string of the molecule is CC[C@H]1OC(=O)[C@H](C)[C@@H](O[C@H]2C[C@@](C)(OC)C(CN=[N+]=[N-])[C@H](C)O2)[C@H](C)[C@@H](O[C@]2(C)OCCC[C@H]2O)[C@](C)(O)C[C@@H](C)CN[C@H](C)[C@@H](O)[C@]1(C)O. The Hall–Kier alpha value is -1.62. The van der Waals surface area contributed by atoms with Crippen molar-refractivity contribution in [2.45, 2.75) is 173 Å². The molecular weight excluding hydrogens is 664 g/mol. The van der Waals surface area contributed by atoms with Crippen molar-refractivity contribution >= 4 is 5.97 Å². The molecule has 0 aromatic rings. The van der Waals surface area contributed by atoms with E-state index in [-0.39, 0.29) is 37.6 Å². The van der Waals surface area contributed by atoms with Gasteiger partial charge in [-0.3, -0.25) is 4.79 Å². The molecule has 15 heteroatoms. The van der Waals surface area contributed by atoms with Crippen LogP contribution < -0.4 is 5.32 Å². The topological polar surface area (TPSA) is 214 Å². The van der Waals surface area contributed by atoms with Crippen molar-refractivity contribution in [1.29, 1.82) is 0 Å². The van der Waals surface area contributed by atoms with Gasteiger partial charge in [-0.2, -0.15) is 0 Å².